The van der Waals surface area contributed by atoms with Crippen LogP contribution in [0.3, 0.4) is 0 Å². The number of aliphatic imine (C=N–C) groups is 1. The normalized spacial score (nSPS) is 16.7. The van der Waals surface area contributed by atoms with E-state index < -0.39 is 6.10 Å². The number of rotatable bonds is 7. The highest BCUT2D eigenvalue weighted by molar-refractivity contribution is 7.16. The average Bonchev–Trinajstić information content (AvgIpc) is 3.17. The molecule has 3 rings (SSSR count). The van der Waals surface area contributed by atoms with Crippen molar-refractivity contribution in [3.63, 3.8) is 0 Å². The Kier molecular flexibility index (Phi) is 8.15. The van der Waals surface area contributed by atoms with Gasteiger partial charge in [-0.1, -0.05) is 24.6 Å². The summed E-state index contributed by atoms with van der Waals surface area (Å²) in [7, 11) is 0. The number of thiophene rings is 1. The highest BCUT2D eigenvalue weighted by atomic mass is 35.5. The van der Waals surface area contributed by atoms with E-state index in [2.05, 4.69) is 44.6 Å². The first-order valence-corrected chi connectivity index (χ1v) is 11.4. The van der Waals surface area contributed by atoms with Crippen molar-refractivity contribution in [2.24, 2.45) is 10.9 Å². The van der Waals surface area contributed by atoms with Gasteiger partial charge in [0.2, 0.25) is 0 Å². The van der Waals surface area contributed by atoms with E-state index >= 15 is 0 Å². The molecular formula is C21H30ClN5OS. The van der Waals surface area contributed by atoms with Gasteiger partial charge in [0.15, 0.2) is 5.96 Å². The number of piperidine rings is 1. The van der Waals surface area contributed by atoms with E-state index in [1.165, 1.54) is 24.2 Å². The fourth-order valence-corrected chi connectivity index (χ4v) is 4.30. The van der Waals surface area contributed by atoms with E-state index in [1.54, 1.807) is 6.07 Å². The van der Waals surface area contributed by atoms with Gasteiger partial charge in [-0.3, -0.25) is 0 Å². The van der Waals surface area contributed by atoms with Crippen molar-refractivity contribution in [3.8, 4) is 0 Å². The lowest BCUT2D eigenvalue weighted by atomic mass is 9.99. The molecule has 0 radical (unpaired) electrons. The van der Waals surface area contributed by atoms with Crippen LogP contribution in [0.1, 0.15) is 43.2 Å². The van der Waals surface area contributed by atoms with Crippen LogP contribution in [-0.2, 0) is 6.54 Å². The van der Waals surface area contributed by atoms with Crippen molar-refractivity contribution >= 4 is 34.7 Å². The minimum absolute atomic E-state index is 0.368. The zero-order chi connectivity index (χ0) is 20.6. The molecule has 3 N–H and O–H groups in total. The summed E-state index contributed by atoms with van der Waals surface area (Å²) < 4.78 is 0.676. The Balaban J connectivity index is 1.53. The van der Waals surface area contributed by atoms with Gasteiger partial charge in [-0.15, -0.1) is 11.3 Å². The Bertz CT molecular complexity index is 787. The number of pyridine rings is 1. The summed E-state index contributed by atoms with van der Waals surface area (Å²) in [5.41, 5.74) is 1.06. The van der Waals surface area contributed by atoms with E-state index in [9.17, 15) is 5.11 Å². The SMILES string of the molecule is CCNC(=NCc1ccc(N2CCC(C)CC2)nc1)NCC(O)c1ccc(Cl)s1. The molecule has 2 aromatic rings. The molecule has 29 heavy (non-hydrogen) atoms. The van der Waals surface area contributed by atoms with Crippen LogP contribution >= 0.6 is 22.9 Å². The van der Waals surface area contributed by atoms with Gasteiger partial charge < -0.3 is 20.6 Å². The fraction of sp³-hybridized carbons (Fsp3) is 0.524. The molecular weight excluding hydrogens is 406 g/mol. The standard InChI is InChI=1S/C21H30ClN5OS/c1-3-23-21(26-14-17(28)18-5-6-19(22)29-18)25-13-16-4-7-20(24-12-16)27-10-8-15(2)9-11-27/h4-7,12,15,17,28H,3,8-11,13-14H2,1-2H3,(H2,23,25,26). The topological polar surface area (TPSA) is 72.8 Å². The van der Waals surface area contributed by atoms with E-state index in [0.717, 1.165) is 41.8 Å². The molecule has 0 amide bonds. The van der Waals surface area contributed by atoms with Crippen molar-refractivity contribution in [3.05, 3.63) is 45.2 Å². The van der Waals surface area contributed by atoms with Gasteiger partial charge in [-0.2, -0.15) is 0 Å². The van der Waals surface area contributed by atoms with Crippen molar-refractivity contribution in [2.75, 3.05) is 31.1 Å². The largest absolute Gasteiger partial charge is 0.386 e. The summed E-state index contributed by atoms with van der Waals surface area (Å²) in [6.45, 7) is 8.14. The second-order valence-electron chi connectivity index (χ2n) is 7.43. The second-order valence-corrected chi connectivity index (χ2v) is 9.17. The van der Waals surface area contributed by atoms with Crippen molar-refractivity contribution in [2.45, 2.75) is 39.3 Å². The molecule has 0 aromatic carbocycles. The van der Waals surface area contributed by atoms with Gasteiger partial charge in [0.25, 0.3) is 0 Å². The molecule has 0 spiro atoms. The first-order valence-electron chi connectivity index (χ1n) is 10.2. The number of aliphatic hydroxyl groups excluding tert-OH is 1. The molecule has 0 saturated carbocycles. The molecule has 1 saturated heterocycles. The molecule has 2 aromatic heterocycles. The number of hydrogen-bond donors (Lipinski definition) is 3. The lowest BCUT2D eigenvalue weighted by molar-refractivity contribution is 0.184. The summed E-state index contributed by atoms with van der Waals surface area (Å²) in [5, 5.41) is 16.7. The van der Waals surface area contributed by atoms with Crippen LogP contribution in [0, 0.1) is 5.92 Å². The summed E-state index contributed by atoms with van der Waals surface area (Å²) in [6.07, 6.45) is 3.75. The van der Waals surface area contributed by atoms with E-state index in [1.807, 2.05) is 19.2 Å². The Labute approximate surface area is 182 Å². The Morgan fingerprint density at radius 1 is 1.31 bits per heavy atom. The fourth-order valence-electron chi connectivity index (χ4n) is 3.25. The summed E-state index contributed by atoms with van der Waals surface area (Å²) in [5.74, 6) is 2.53. The maximum Gasteiger partial charge on any atom is 0.191 e. The van der Waals surface area contributed by atoms with Gasteiger partial charge in [0.05, 0.1) is 10.9 Å². The zero-order valence-corrected chi connectivity index (χ0v) is 18.6. The Hall–Kier alpha value is -1.83. The predicted molar refractivity (Wildman–Crippen MR) is 122 cm³/mol. The highest BCUT2D eigenvalue weighted by Gasteiger charge is 2.16. The lowest BCUT2D eigenvalue weighted by Crippen LogP contribution is -2.39. The second kappa shape index (κ2) is 10.8. The molecule has 1 aliphatic rings. The number of aromatic nitrogens is 1. The minimum Gasteiger partial charge on any atom is -0.386 e. The monoisotopic (exact) mass is 435 g/mol. The molecule has 6 nitrogen and oxygen atoms in total. The average molecular weight is 436 g/mol. The number of nitrogens with one attached hydrogen (secondary N) is 2. The molecule has 3 heterocycles. The third-order valence-electron chi connectivity index (χ3n) is 5.07. The maximum atomic E-state index is 10.3. The van der Waals surface area contributed by atoms with E-state index in [-0.39, 0.29) is 0 Å². The molecule has 1 fully saturated rings. The van der Waals surface area contributed by atoms with Crippen molar-refractivity contribution in [1.82, 2.24) is 15.6 Å². The molecule has 1 atom stereocenters. The van der Waals surface area contributed by atoms with Crippen LogP contribution in [0.2, 0.25) is 4.34 Å². The maximum absolute atomic E-state index is 10.3. The number of anilines is 1. The van der Waals surface area contributed by atoms with Crippen molar-refractivity contribution < 1.29 is 5.11 Å². The van der Waals surface area contributed by atoms with Gasteiger partial charge in [-0.25, -0.2) is 9.98 Å². The van der Waals surface area contributed by atoms with Gasteiger partial charge in [0, 0.05) is 37.3 Å². The first-order chi connectivity index (χ1) is 14.0. The molecule has 0 aliphatic carbocycles. The quantitative estimate of drug-likeness (QED) is 0.455. The third kappa shape index (κ3) is 6.59. The van der Waals surface area contributed by atoms with Gasteiger partial charge >= 0.3 is 0 Å². The molecule has 0 bridgehead atoms. The van der Waals surface area contributed by atoms with Gasteiger partial charge in [-0.05, 0) is 49.4 Å². The molecule has 1 unspecified atom stereocenters. The van der Waals surface area contributed by atoms with Crippen LogP contribution in [0.4, 0.5) is 5.82 Å². The Morgan fingerprint density at radius 2 is 2.10 bits per heavy atom. The molecule has 1 aliphatic heterocycles. The third-order valence-corrected chi connectivity index (χ3v) is 6.40. The Morgan fingerprint density at radius 3 is 2.72 bits per heavy atom. The predicted octanol–water partition coefficient (Wildman–Crippen LogP) is 3.82. The highest BCUT2D eigenvalue weighted by Crippen LogP contribution is 2.26. The number of aliphatic hydroxyl groups is 1. The van der Waals surface area contributed by atoms with E-state index in [4.69, 9.17) is 11.6 Å². The minimum atomic E-state index is -0.621. The van der Waals surface area contributed by atoms with Crippen LogP contribution in [0.25, 0.3) is 0 Å². The first kappa shape index (κ1) is 21.9. The van der Waals surface area contributed by atoms with Crippen LogP contribution in [-0.4, -0.2) is 42.2 Å². The molecule has 8 heteroatoms. The summed E-state index contributed by atoms with van der Waals surface area (Å²) in [4.78, 5) is 12.4. The number of guanidine groups is 1. The number of halogens is 1. The van der Waals surface area contributed by atoms with Gasteiger partial charge in [0.1, 0.15) is 11.9 Å². The van der Waals surface area contributed by atoms with Crippen LogP contribution < -0.4 is 15.5 Å². The lowest BCUT2D eigenvalue weighted by Gasteiger charge is -2.31. The zero-order valence-electron chi connectivity index (χ0n) is 17.1. The molecule has 158 valence electrons. The number of nitrogens with zero attached hydrogens (tertiary/aromatic N) is 3. The van der Waals surface area contributed by atoms with Crippen LogP contribution in [0.5, 0.6) is 0 Å². The number of hydrogen-bond acceptors (Lipinski definition) is 5. The van der Waals surface area contributed by atoms with Crippen LogP contribution in [0.15, 0.2) is 35.5 Å². The summed E-state index contributed by atoms with van der Waals surface area (Å²) >= 11 is 7.33. The smallest absolute Gasteiger partial charge is 0.191 e. The summed E-state index contributed by atoms with van der Waals surface area (Å²) in [6, 6.07) is 7.83. The van der Waals surface area contributed by atoms with Crippen molar-refractivity contribution in [1.29, 1.82) is 0 Å². The van der Waals surface area contributed by atoms with E-state index in [0.29, 0.717) is 23.4 Å².